The topological polar surface area (TPSA) is 93.1 Å². The van der Waals surface area contributed by atoms with Gasteiger partial charge in [0.15, 0.2) is 0 Å². The van der Waals surface area contributed by atoms with Gasteiger partial charge in [-0.3, -0.25) is 4.79 Å². The fourth-order valence-corrected chi connectivity index (χ4v) is 4.82. The molecule has 0 unspecified atom stereocenters. The van der Waals surface area contributed by atoms with Gasteiger partial charge >= 0.3 is 5.97 Å². The quantitative estimate of drug-likeness (QED) is 0.787. The van der Waals surface area contributed by atoms with Crippen LogP contribution in [-0.2, 0) is 26.0 Å². The molecule has 0 bridgehead atoms. The second-order valence-electron chi connectivity index (χ2n) is 6.24. The first kappa shape index (κ1) is 19.7. The van der Waals surface area contributed by atoms with Crippen molar-refractivity contribution in [3.63, 3.8) is 0 Å². The van der Waals surface area contributed by atoms with Gasteiger partial charge in [-0.05, 0) is 43.4 Å². The number of hydrogen-bond acceptors (Lipinski definition) is 5. The Balaban J connectivity index is 2.29. The summed E-state index contributed by atoms with van der Waals surface area (Å²) in [6.07, 6.45) is 3.03. The van der Waals surface area contributed by atoms with Crippen molar-refractivity contribution in [2.24, 2.45) is 0 Å². The van der Waals surface area contributed by atoms with Gasteiger partial charge in [0.1, 0.15) is 10.6 Å². The summed E-state index contributed by atoms with van der Waals surface area (Å²) in [6.45, 7) is 0. The molecule has 1 fully saturated rings. The molecule has 1 aromatic carbocycles. The molecule has 0 heterocycles. The molecule has 1 aliphatic rings. The molecule has 0 amide bonds. The lowest BCUT2D eigenvalue weighted by Crippen LogP contribution is -2.40. The van der Waals surface area contributed by atoms with Crippen LogP contribution >= 0.6 is 0 Å². The minimum absolute atomic E-state index is 0.00474. The molecule has 1 aliphatic carbocycles. The van der Waals surface area contributed by atoms with Gasteiger partial charge in [-0.2, -0.15) is 4.31 Å². The van der Waals surface area contributed by atoms with Crippen molar-refractivity contribution in [3.05, 3.63) is 23.8 Å². The van der Waals surface area contributed by atoms with E-state index in [9.17, 15) is 13.2 Å². The van der Waals surface area contributed by atoms with Gasteiger partial charge in [0.05, 0.1) is 19.6 Å². The Labute approximate surface area is 148 Å². The van der Waals surface area contributed by atoms with E-state index in [1.807, 2.05) is 0 Å². The molecule has 0 aromatic heterocycles. The number of ether oxygens (including phenoxy) is 2. The van der Waals surface area contributed by atoms with Crippen LogP contribution in [0.1, 0.15) is 31.2 Å². The van der Waals surface area contributed by atoms with Crippen LogP contribution in [0.15, 0.2) is 23.1 Å². The summed E-state index contributed by atoms with van der Waals surface area (Å²) in [5.41, 5.74) is 0.420. The molecule has 1 N–H and O–H groups in total. The Hall–Kier alpha value is -1.64. The molecule has 8 heteroatoms. The first-order valence-electron chi connectivity index (χ1n) is 8.19. The normalized spacial score (nSPS) is 21.3. The van der Waals surface area contributed by atoms with Crippen molar-refractivity contribution >= 4 is 16.0 Å². The summed E-state index contributed by atoms with van der Waals surface area (Å²) in [5, 5.41) is 8.95. The Bertz CT molecular complexity index is 710. The molecule has 2 rings (SSSR count). The molecule has 7 nitrogen and oxygen atoms in total. The predicted octanol–water partition coefficient (Wildman–Crippen LogP) is 1.90. The van der Waals surface area contributed by atoms with Crippen LogP contribution in [0, 0.1) is 0 Å². The van der Waals surface area contributed by atoms with Gasteiger partial charge < -0.3 is 14.6 Å². The smallest absolute Gasteiger partial charge is 0.307 e. The second kappa shape index (κ2) is 8.16. The Kier molecular flexibility index (Phi) is 6.42. The van der Waals surface area contributed by atoms with Crippen molar-refractivity contribution in [2.45, 2.75) is 49.1 Å². The number of hydrogen-bond donors (Lipinski definition) is 1. The van der Waals surface area contributed by atoms with E-state index in [0.717, 1.165) is 25.7 Å². The number of aliphatic carboxylic acids is 1. The van der Waals surface area contributed by atoms with Crippen molar-refractivity contribution in [2.75, 3.05) is 21.3 Å². The van der Waals surface area contributed by atoms with E-state index >= 15 is 0 Å². The summed E-state index contributed by atoms with van der Waals surface area (Å²) in [6, 6.07) is 4.35. The zero-order valence-corrected chi connectivity index (χ0v) is 15.6. The standard InChI is InChI=1S/C17H25NO6S/c1-18(13-5-7-14(23-2)8-6-13)25(21,22)16-10-12(11-17(19)20)4-9-15(16)24-3/h4,9-10,13-14H,5-8,11H2,1-3H3,(H,19,20). The van der Waals surface area contributed by atoms with Gasteiger partial charge in [0, 0.05) is 20.2 Å². The second-order valence-corrected chi connectivity index (χ2v) is 8.21. The lowest BCUT2D eigenvalue weighted by Gasteiger charge is -2.33. The van der Waals surface area contributed by atoms with Crippen molar-refractivity contribution in [3.8, 4) is 5.75 Å². The average molecular weight is 371 g/mol. The van der Waals surface area contributed by atoms with Crippen LogP contribution in [0.3, 0.4) is 0 Å². The van der Waals surface area contributed by atoms with E-state index in [1.54, 1.807) is 20.2 Å². The summed E-state index contributed by atoms with van der Waals surface area (Å²) in [5.74, 6) is -0.800. The van der Waals surface area contributed by atoms with Gasteiger partial charge in [-0.15, -0.1) is 0 Å². The van der Waals surface area contributed by atoms with Crippen LogP contribution < -0.4 is 4.74 Å². The molecule has 0 radical (unpaired) electrons. The lowest BCUT2D eigenvalue weighted by atomic mass is 9.93. The minimum Gasteiger partial charge on any atom is -0.495 e. The summed E-state index contributed by atoms with van der Waals surface area (Å²) in [7, 11) is 0.845. The third-order valence-electron chi connectivity index (χ3n) is 4.73. The highest BCUT2D eigenvalue weighted by Crippen LogP contribution is 2.32. The van der Waals surface area contributed by atoms with E-state index in [-0.39, 0.29) is 29.2 Å². The summed E-state index contributed by atoms with van der Waals surface area (Å²) >= 11 is 0. The van der Waals surface area contributed by atoms with Crippen LogP contribution in [0.4, 0.5) is 0 Å². The van der Waals surface area contributed by atoms with Gasteiger partial charge in [-0.1, -0.05) is 6.07 Å². The van der Waals surface area contributed by atoms with E-state index in [4.69, 9.17) is 14.6 Å². The maximum Gasteiger partial charge on any atom is 0.307 e. The van der Waals surface area contributed by atoms with Gasteiger partial charge in [-0.25, -0.2) is 8.42 Å². The van der Waals surface area contributed by atoms with Gasteiger partial charge in [0.2, 0.25) is 10.0 Å². The third kappa shape index (κ3) is 4.50. The number of carboxylic acid groups (broad SMARTS) is 1. The SMILES string of the molecule is COc1ccc(CC(=O)O)cc1S(=O)(=O)N(C)C1CCC(OC)CC1. The number of methoxy groups -OCH3 is 2. The third-order valence-corrected chi connectivity index (χ3v) is 6.66. The van der Waals surface area contributed by atoms with E-state index in [0.29, 0.717) is 5.56 Å². The van der Waals surface area contributed by atoms with Crippen molar-refractivity contribution < 1.29 is 27.8 Å². The highest BCUT2D eigenvalue weighted by molar-refractivity contribution is 7.89. The van der Waals surface area contributed by atoms with Crippen molar-refractivity contribution in [1.82, 2.24) is 4.31 Å². The Morgan fingerprint density at radius 3 is 2.40 bits per heavy atom. The largest absolute Gasteiger partial charge is 0.495 e. The number of carboxylic acids is 1. The van der Waals surface area contributed by atoms with E-state index in [1.165, 1.54) is 23.5 Å². The zero-order valence-electron chi connectivity index (χ0n) is 14.8. The molecular formula is C17H25NO6S. The van der Waals surface area contributed by atoms with Crippen LogP contribution in [0.5, 0.6) is 5.75 Å². The molecule has 140 valence electrons. The zero-order chi connectivity index (χ0) is 18.6. The van der Waals surface area contributed by atoms with Crippen LogP contribution in [0.2, 0.25) is 0 Å². The number of nitrogens with zero attached hydrogens (tertiary/aromatic N) is 1. The molecule has 25 heavy (non-hydrogen) atoms. The number of sulfonamides is 1. The molecule has 1 aromatic rings. The molecule has 0 atom stereocenters. The maximum atomic E-state index is 13.1. The maximum absolute atomic E-state index is 13.1. The van der Waals surface area contributed by atoms with Crippen LogP contribution in [-0.4, -0.2) is 57.2 Å². The fraction of sp³-hybridized carbons (Fsp3) is 0.588. The highest BCUT2D eigenvalue weighted by Gasteiger charge is 2.33. The van der Waals surface area contributed by atoms with Crippen LogP contribution in [0.25, 0.3) is 0 Å². The monoisotopic (exact) mass is 371 g/mol. The van der Waals surface area contributed by atoms with E-state index in [2.05, 4.69) is 0 Å². The lowest BCUT2D eigenvalue weighted by molar-refractivity contribution is -0.136. The van der Waals surface area contributed by atoms with Crippen molar-refractivity contribution in [1.29, 1.82) is 0 Å². The fourth-order valence-electron chi connectivity index (χ4n) is 3.20. The number of rotatable bonds is 7. The summed E-state index contributed by atoms with van der Waals surface area (Å²) < 4.78 is 38.0. The predicted molar refractivity (Wildman–Crippen MR) is 92.3 cm³/mol. The first-order chi connectivity index (χ1) is 11.8. The molecule has 1 saturated carbocycles. The molecule has 0 saturated heterocycles. The first-order valence-corrected chi connectivity index (χ1v) is 9.63. The van der Waals surface area contributed by atoms with E-state index < -0.39 is 16.0 Å². The van der Waals surface area contributed by atoms with Gasteiger partial charge in [0.25, 0.3) is 0 Å². The number of carbonyl (C=O) groups is 1. The molecule has 0 spiro atoms. The molecule has 0 aliphatic heterocycles. The number of benzene rings is 1. The highest BCUT2D eigenvalue weighted by atomic mass is 32.2. The Morgan fingerprint density at radius 2 is 1.88 bits per heavy atom. The minimum atomic E-state index is -3.79. The Morgan fingerprint density at radius 1 is 1.24 bits per heavy atom. The molecular weight excluding hydrogens is 346 g/mol. The average Bonchev–Trinajstić information content (AvgIpc) is 2.60. The summed E-state index contributed by atoms with van der Waals surface area (Å²) in [4.78, 5) is 10.9.